The lowest BCUT2D eigenvalue weighted by atomic mass is 10.00. The molecule has 0 unspecified atom stereocenters. The average molecular weight is 475 g/mol. The van der Waals surface area contributed by atoms with Crippen LogP contribution in [0, 0.1) is 11.3 Å². The summed E-state index contributed by atoms with van der Waals surface area (Å²) in [7, 11) is 1.59. The molecule has 1 heterocycles. The Labute approximate surface area is 195 Å². The van der Waals surface area contributed by atoms with Crippen LogP contribution in [0.5, 0.6) is 5.75 Å². The molecule has 0 aromatic heterocycles. The molecule has 1 saturated heterocycles. The monoisotopic (exact) mass is 475 g/mol. The number of hydrogen-bond donors (Lipinski definition) is 1. The lowest BCUT2D eigenvalue weighted by molar-refractivity contribution is -0.248. The number of amides is 1. The molecule has 0 radical (unpaired) electrons. The third-order valence-corrected chi connectivity index (χ3v) is 5.46. The van der Waals surface area contributed by atoms with Gasteiger partial charge in [0.05, 0.1) is 13.2 Å². The van der Waals surface area contributed by atoms with E-state index in [0.717, 1.165) is 27.5 Å². The Hall–Kier alpha value is -3.58. The minimum Gasteiger partial charge on any atom is -0.497 e. The zero-order chi connectivity index (χ0) is 24.7. The van der Waals surface area contributed by atoms with Gasteiger partial charge in [-0.25, -0.2) is 4.79 Å². The summed E-state index contributed by atoms with van der Waals surface area (Å²) in [4.78, 5) is 28.3. The second kappa shape index (κ2) is 11.0. The summed E-state index contributed by atoms with van der Waals surface area (Å²) < 4.78 is 42.9. The van der Waals surface area contributed by atoms with E-state index in [2.05, 4.69) is 10.2 Å². The first-order valence-corrected chi connectivity index (χ1v) is 10.7. The molecule has 1 aliphatic rings. The molecular formula is C24H24F3N3O4. The Kier molecular flexibility index (Phi) is 8.12. The van der Waals surface area contributed by atoms with Crippen LogP contribution < -0.4 is 10.1 Å². The number of methoxy groups -OCH3 is 1. The number of halogens is 3. The fraction of sp³-hybridized carbons (Fsp3) is 0.375. The molecular weight excluding hydrogens is 451 g/mol. The second-order valence-corrected chi connectivity index (χ2v) is 7.85. The normalized spacial score (nSPS) is 17.3. The Balaban J connectivity index is 1.63. The van der Waals surface area contributed by atoms with E-state index in [4.69, 9.17) is 4.74 Å². The van der Waals surface area contributed by atoms with Crippen molar-refractivity contribution in [2.45, 2.75) is 43.9 Å². The third-order valence-electron chi connectivity index (χ3n) is 5.46. The smallest absolute Gasteiger partial charge is 0.492 e. The Bertz CT molecular complexity index is 1050. The van der Waals surface area contributed by atoms with Crippen LogP contribution in [-0.2, 0) is 20.8 Å². The van der Waals surface area contributed by atoms with Gasteiger partial charge in [-0.2, -0.15) is 18.4 Å². The summed E-state index contributed by atoms with van der Waals surface area (Å²) >= 11 is 0. The number of carbonyl (C=O) groups excluding carboxylic acids is 2. The van der Waals surface area contributed by atoms with Crippen LogP contribution in [0.3, 0.4) is 0 Å². The van der Waals surface area contributed by atoms with Crippen molar-refractivity contribution >= 4 is 11.9 Å². The minimum atomic E-state index is -5.16. The highest BCUT2D eigenvalue weighted by atomic mass is 19.4. The van der Waals surface area contributed by atoms with E-state index < -0.39 is 30.1 Å². The van der Waals surface area contributed by atoms with Crippen molar-refractivity contribution < 1.29 is 32.3 Å². The number of carbonyl (C=O) groups is 2. The molecule has 0 aliphatic carbocycles. The third kappa shape index (κ3) is 6.48. The van der Waals surface area contributed by atoms with Crippen molar-refractivity contribution in [3.63, 3.8) is 0 Å². The van der Waals surface area contributed by atoms with Crippen LogP contribution in [0.2, 0.25) is 0 Å². The van der Waals surface area contributed by atoms with Gasteiger partial charge in [-0.15, -0.1) is 5.06 Å². The second-order valence-electron chi connectivity index (χ2n) is 7.85. The number of hydroxylamine groups is 2. The number of hydrogen-bond acceptors (Lipinski definition) is 6. The lowest BCUT2D eigenvalue weighted by Gasteiger charge is -2.33. The molecule has 1 aliphatic heterocycles. The first kappa shape index (κ1) is 25.1. The van der Waals surface area contributed by atoms with Crippen LogP contribution in [0.1, 0.15) is 24.8 Å². The number of nitrogens with one attached hydrogen (secondary N) is 1. The van der Waals surface area contributed by atoms with Crippen molar-refractivity contribution in [3.8, 4) is 22.9 Å². The molecule has 1 fully saturated rings. The van der Waals surface area contributed by atoms with Gasteiger partial charge in [0.1, 0.15) is 17.8 Å². The van der Waals surface area contributed by atoms with E-state index >= 15 is 0 Å². The van der Waals surface area contributed by atoms with Crippen LogP contribution in [-0.4, -0.2) is 48.9 Å². The van der Waals surface area contributed by atoms with E-state index in [0.29, 0.717) is 12.8 Å². The summed E-state index contributed by atoms with van der Waals surface area (Å²) in [6.45, 7) is 0.00284. The molecule has 0 saturated carbocycles. The topological polar surface area (TPSA) is 91.7 Å². The zero-order valence-corrected chi connectivity index (χ0v) is 18.5. The quantitative estimate of drug-likeness (QED) is 0.655. The van der Waals surface area contributed by atoms with Gasteiger partial charge in [0.15, 0.2) is 0 Å². The maximum Gasteiger partial charge on any atom is 0.492 e. The predicted octanol–water partition coefficient (Wildman–Crippen LogP) is 3.79. The van der Waals surface area contributed by atoms with E-state index in [1.54, 1.807) is 7.11 Å². The number of nitrogens with zero attached hydrogens (tertiary/aromatic N) is 2. The van der Waals surface area contributed by atoms with Crippen LogP contribution in [0.25, 0.3) is 11.1 Å². The summed E-state index contributed by atoms with van der Waals surface area (Å²) in [6.07, 6.45) is -3.68. The van der Waals surface area contributed by atoms with E-state index in [1.165, 1.54) is 0 Å². The highest BCUT2D eigenvalue weighted by Crippen LogP contribution is 2.25. The summed E-state index contributed by atoms with van der Waals surface area (Å²) in [5.41, 5.74) is 2.70. The van der Waals surface area contributed by atoms with Gasteiger partial charge in [-0.05, 0) is 48.1 Å². The zero-order valence-electron chi connectivity index (χ0n) is 18.5. The summed E-state index contributed by atoms with van der Waals surface area (Å²) in [5, 5.41) is 12.8. The van der Waals surface area contributed by atoms with Crippen LogP contribution >= 0.6 is 0 Å². The molecule has 2 aromatic carbocycles. The molecule has 0 spiro atoms. The van der Waals surface area contributed by atoms with Gasteiger partial charge in [0.25, 0.3) is 0 Å². The fourth-order valence-corrected chi connectivity index (χ4v) is 3.70. The van der Waals surface area contributed by atoms with Crippen LogP contribution in [0.4, 0.5) is 13.2 Å². The van der Waals surface area contributed by atoms with Crippen molar-refractivity contribution in [2.75, 3.05) is 13.7 Å². The molecule has 3 rings (SSSR count). The maximum absolute atomic E-state index is 12.7. The largest absolute Gasteiger partial charge is 0.497 e. The fourth-order valence-electron chi connectivity index (χ4n) is 3.70. The van der Waals surface area contributed by atoms with Crippen molar-refractivity contribution in [1.29, 1.82) is 5.26 Å². The average Bonchev–Trinajstić information content (AvgIpc) is 2.83. The van der Waals surface area contributed by atoms with Crippen molar-refractivity contribution in [2.24, 2.45) is 0 Å². The maximum atomic E-state index is 12.7. The minimum absolute atomic E-state index is 0.00284. The lowest BCUT2D eigenvalue weighted by Crippen LogP contribution is -2.53. The number of rotatable bonds is 7. The van der Waals surface area contributed by atoms with Gasteiger partial charge in [-0.3, -0.25) is 4.79 Å². The molecule has 10 heteroatoms. The van der Waals surface area contributed by atoms with Gasteiger partial charge in [0, 0.05) is 13.0 Å². The van der Waals surface area contributed by atoms with Gasteiger partial charge < -0.3 is 14.9 Å². The molecule has 2 aromatic rings. The number of piperidine rings is 1. The summed E-state index contributed by atoms with van der Waals surface area (Å²) in [6, 6.07) is 15.0. The highest BCUT2D eigenvalue weighted by Gasteiger charge is 2.44. The highest BCUT2D eigenvalue weighted by molar-refractivity contribution is 5.83. The molecule has 34 heavy (non-hydrogen) atoms. The number of benzene rings is 2. The number of nitriles is 1. The SMILES string of the molecule is COc1cccc(-c2ccc(C[C@@H](C#N)NC(=O)[C@@H]3CCCCN3OC(=O)C(F)(F)F)cc2)c1. The molecule has 1 N–H and O–H groups in total. The molecule has 2 atom stereocenters. The van der Waals surface area contributed by atoms with Gasteiger partial charge >= 0.3 is 12.1 Å². The van der Waals surface area contributed by atoms with E-state index in [-0.39, 0.29) is 19.4 Å². The summed E-state index contributed by atoms with van der Waals surface area (Å²) in [5.74, 6) is -2.30. The van der Waals surface area contributed by atoms with Gasteiger partial charge in [-0.1, -0.05) is 36.4 Å². The van der Waals surface area contributed by atoms with E-state index in [1.807, 2.05) is 54.6 Å². The van der Waals surface area contributed by atoms with Crippen molar-refractivity contribution in [1.82, 2.24) is 10.4 Å². The van der Waals surface area contributed by atoms with E-state index in [9.17, 15) is 28.0 Å². The number of ether oxygens (including phenoxy) is 1. The molecule has 1 amide bonds. The molecule has 0 bridgehead atoms. The molecule has 180 valence electrons. The Morgan fingerprint density at radius 2 is 1.91 bits per heavy atom. The first-order valence-electron chi connectivity index (χ1n) is 10.7. The first-order chi connectivity index (χ1) is 16.2. The van der Waals surface area contributed by atoms with Gasteiger partial charge in [0.2, 0.25) is 5.91 Å². The molecule has 7 nitrogen and oxygen atoms in total. The Morgan fingerprint density at radius 3 is 2.56 bits per heavy atom. The van der Waals surface area contributed by atoms with Crippen LogP contribution in [0.15, 0.2) is 48.5 Å². The number of alkyl halides is 3. The van der Waals surface area contributed by atoms with Crippen molar-refractivity contribution in [3.05, 3.63) is 54.1 Å². The predicted molar refractivity (Wildman–Crippen MR) is 116 cm³/mol. The Morgan fingerprint density at radius 1 is 1.18 bits per heavy atom. The standard InChI is InChI=1S/C24H24F3N3O4/c1-33-20-6-4-5-18(14-20)17-10-8-16(9-11-17)13-19(15-28)29-22(31)21-7-2-3-12-30(21)34-23(32)24(25,26)27/h4-6,8-11,14,19,21H,2-3,7,12-13H2,1H3,(H,29,31)/t19-,21-/m0/s1.